The average Bonchev–Trinajstić information content (AvgIpc) is 2.50. The van der Waals surface area contributed by atoms with Crippen LogP contribution in [0.1, 0.15) is 31.2 Å². The minimum Gasteiger partial charge on any atom is -0.493 e. The van der Waals surface area contributed by atoms with Crippen LogP contribution in [0.3, 0.4) is 0 Å². The van der Waals surface area contributed by atoms with Crippen LogP contribution in [0, 0.1) is 0 Å². The van der Waals surface area contributed by atoms with E-state index in [4.69, 9.17) is 31.5 Å². The number of nitrogens with two attached hydrogens (primary N) is 1. The molecule has 2 rings (SSSR count). The molecule has 1 aromatic carbocycles. The number of rotatable bonds is 6. The van der Waals surface area contributed by atoms with Gasteiger partial charge in [0.1, 0.15) is 6.10 Å². The van der Waals surface area contributed by atoms with Crippen LogP contribution in [0.4, 0.5) is 0 Å². The van der Waals surface area contributed by atoms with Crippen molar-refractivity contribution in [2.24, 2.45) is 5.73 Å². The average molecular weight is 314 g/mol. The van der Waals surface area contributed by atoms with Crippen molar-refractivity contribution in [3.8, 4) is 11.5 Å². The van der Waals surface area contributed by atoms with E-state index in [0.717, 1.165) is 37.0 Å². The van der Waals surface area contributed by atoms with Gasteiger partial charge in [0.2, 0.25) is 0 Å². The molecule has 4 nitrogen and oxygen atoms in total. The maximum atomic E-state index is 6.23. The molecule has 0 saturated heterocycles. The summed E-state index contributed by atoms with van der Waals surface area (Å²) in [7, 11) is 3.39. The maximum absolute atomic E-state index is 6.23. The second-order valence-corrected chi connectivity index (χ2v) is 5.84. The second-order valence-electron chi connectivity index (χ2n) is 5.40. The van der Waals surface area contributed by atoms with Crippen molar-refractivity contribution in [3.05, 3.63) is 22.7 Å². The first kappa shape index (κ1) is 16.4. The standard InChI is InChI=1S/C16H24ClNO3/c1-19-13-4-3-5-14(10-13)21-16-11(6-7-18)8-12(17)9-15(16)20-2/h8-9,13-14H,3-7,10,18H2,1-2H3. The quantitative estimate of drug-likeness (QED) is 0.876. The molecular weight excluding hydrogens is 290 g/mol. The van der Waals surface area contributed by atoms with E-state index in [-0.39, 0.29) is 12.2 Å². The first-order valence-electron chi connectivity index (χ1n) is 7.43. The van der Waals surface area contributed by atoms with E-state index in [1.54, 1.807) is 20.3 Å². The summed E-state index contributed by atoms with van der Waals surface area (Å²) in [5.74, 6) is 1.44. The van der Waals surface area contributed by atoms with Crippen molar-refractivity contribution in [3.63, 3.8) is 0 Å². The summed E-state index contributed by atoms with van der Waals surface area (Å²) in [6.07, 6.45) is 5.30. The Morgan fingerprint density at radius 2 is 2.00 bits per heavy atom. The molecule has 21 heavy (non-hydrogen) atoms. The number of hydrogen-bond acceptors (Lipinski definition) is 4. The number of ether oxygens (including phenoxy) is 3. The van der Waals surface area contributed by atoms with Crippen LogP contribution in [-0.2, 0) is 11.2 Å². The van der Waals surface area contributed by atoms with Crippen molar-refractivity contribution < 1.29 is 14.2 Å². The second kappa shape index (κ2) is 7.87. The molecule has 0 bridgehead atoms. The molecule has 1 aliphatic carbocycles. The van der Waals surface area contributed by atoms with E-state index < -0.39 is 0 Å². The molecule has 0 radical (unpaired) electrons. The third kappa shape index (κ3) is 4.25. The minimum absolute atomic E-state index is 0.148. The predicted molar refractivity (Wildman–Crippen MR) is 84.4 cm³/mol. The monoisotopic (exact) mass is 313 g/mol. The van der Waals surface area contributed by atoms with Gasteiger partial charge in [0, 0.05) is 30.2 Å². The van der Waals surface area contributed by atoms with E-state index in [0.29, 0.717) is 23.7 Å². The lowest BCUT2D eigenvalue weighted by Gasteiger charge is -2.30. The van der Waals surface area contributed by atoms with Gasteiger partial charge in [-0.2, -0.15) is 0 Å². The van der Waals surface area contributed by atoms with Crippen LogP contribution >= 0.6 is 11.6 Å². The number of benzene rings is 1. The lowest BCUT2D eigenvalue weighted by atomic mass is 9.94. The van der Waals surface area contributed by atoms with Crippen molar-refractivity contribution >= 4 is 11.6 Å². The normalized spacial score (nSPS) is 22.1. The summed E-state index contributed by atoms with van der Waals surface area (Å²) in [6.45, 7) is 0.547. The molecule has 1 aliphatic rings. The molecule has 2 unspecified atom stereocenters. The van der Waals surface area contributed by atoms with Crippen LogP contribution in [0.5, 0.6) is 11.5 Å². The molecule has 0 spiro atoms. The Labute approximate surface area is 131 Å². The first-order valence-corrected chi connectivity index (χ1v) is 7.81. The third-order valence-electron chi connectivity index (χ3n) is 3.93. The Balaban J connectivity index is 2.20. The van der Waals surface area contributed by atoms with Crippen molar-refractivity contribution in [2.75, 3.05) is 20.8 Å². The zero-order valence-electron chi connectivity index (χ0n) is 12.7. The van der Waals surface area contributed by atoms with Crippen LogP contribution in [-0.4, -0.2) is 33.0 Å². The topological polar surface area (TPSA) is 53.7 Å². The van der Waals surface area contributed by atoms with E-state index in [9.17, 15) is 0 Å². The van der Waals surface area contributed by atoms with Gasteiger partial charge in [-0.05, 0) is 38.3 Å². The molecule has 2 N–H and O–H groups in total. The molecule has 118 valence electrons. The molecular formula is C16H24ClNO3. The summed E-state index contributed by atoms with van der Waals surface area (Å²) >= 11 is 6.13. The lowest BCUT2D eigenvalue weighted by Crippen LogP contribution is -2.30. The van der Waals surface area contributed by atoms with E-state index in [1.165, 1.54) is 0 Å². The Hall–Kier alpha value is -0.970. The van der Waals surface area contributed by atoms with Gasteiger partial charge < -0.3 is 19.9 Å². The summed E-state index contributed by atoms with van der Waals surface area (Å²) in [5, 5.41) is 0.640. The van der Waals surface area contributed by atoms with Gasteiger partial charge in [-0.1, -0.05) is 11.6 Å². The molecule has 0 heterocycles. The van der Waals surface area contributed by atoms with Gasteiger partial charge >= 0.3 is 0 Å². The maximum Gasteiger partial charge on any atom is 0.164 e. The number of hydrogen-bond donors (Lipinski definition) is 1. The summed E-state index contributed by atoms with van der Waals surface area (Å²) in [4.78, 5) is 0. The molecule has 1 saturated carbocycles. The number of methoxy groups -OCH3 is 2. The molecule has 1 aromatic rings. The highest BCUT2D eigenvalue weighted by atomic mass is 35.5. The Bertz CT molecular complexity index is 467. The van der Waals surface area contributed by atoms with Crippen molar-refractivity contribution in [2.45, 2.75) is 44.3 Å². The fourth-order valence-electron chi connectivity index (χ4n) is 2.84. The largest absolute Gasteiger partial charge is 0.493 e. The first-order chi connectivity index (χ1) is 10.2. The highest BCUT2D eigenvalue weighted by Gasteiger charge is 2.25. The molecule has 0 aliphatic heterocycles. The van der Waals surface area contributed by atoms with Gasteiger partial charge in [-0.15, -0.1) is 0 Å². The molecule has 0 amide bonds. The Morgan fingerprint density at radius 3 is 2.67 bits per heavy atom. The predicted octanol–water partition coefficient (Wildman–Crippen LogP) is 3.19. The van der Waals surface area contributed by atoms with Crippen LogP contribution < -0.4 is 15.2 Å². The SMILES string of the molecule is COc1cc(Cl)cc(CCN)c1OC1CCCC(OC)C1. The minimum atomic E-state index is 0.148. The van der Waals surface area contributed by atoms with Gasteiger partial charge in [-0.25, -0.2) is 0 Å². The zero-order valence-corrected chi connectivity index (χ0v) is 13.5. The molecule has 1 fully saturated rings. The summed E-state index contributed by atoms with van der Waals surface area (Å²) < 4.78 is 17.1. The van der Waals surface area contributed by atoms with Gasteiger partial charge in [0.05, 0.1) is 13.2 Å². The van der Waals surface area contributed by atoms with E-state index >= 15 is 0 Å². The highest BCUT2D eigenvalue weighted by molar-refractivity contribution is 6.30. The highest BCUT2D eigenvalue weighted by Crippen LogP contribution is 2.37. The fraction of sp³-hybridized carbons (Fsp3) is 0.625. The third-order valence-corrected chi connectivity index (χ3v) is 4.14. The van der Waals surface area contributed by atoms with Gasteiger partial charge in [-0.3, -0.25) is 0 Å². The fourth-order valence-corrected chi connectivity index (χ4v) is 3.07. The van der Waals surface area contributed by atoms with Gasteiger partial charge in [0.15, 0.2) is 11.5 Å². The van der Waals surface area contributed by atoms with Crippen molar-refractivity contribution in [1.29, 1.82) is 0 Å². The van der Waals surface area contributed by atoms with Crippen LogP contribution in [0.2, 0.25) is 5.02 Å². The van der Waals surface area contributed by atoms with Crippen LogP contribution in [0.25, 0.3) is 0 Å². The molecule has 5 heteroatoms. The molecule has 0 aromatic heterocycles. The van der Waals surface area contributed by atoms with E-state index in [2.05, 4.69) is 0 Å². The van der Waals surface area contributed by atoms with Crippen LogP contribution in [0.15, 0.2) is 12.1 Å². The van der Waals surface area contributed by atoms with Crippen molar-refractivity contribution in [1.82, 2.24) is 0 Å². The lowest BCUT2D eigenvalue weighted by molar-refractivity contribution is 0.0198. The smallest absolute Gasteiger partial charge is 0.164 e. The Kier molecular flexibility index (Phi) is 6.15. The summed E-state index contributed by atoms with van der Waals surface area (Å²) in [6, 6.07) is 3.69. The Morgan fingerprint density at radius 1 is 1.24 bits per heavy atom. The van der Waals surface area contributed by atoms with Gasteiger partial charge in [0.25, 0.3) is 0 Å². The number of halogens is 1. The summed E-state index contributed by atoms with van der Waals surface area (Å²) in [5.41, 5.74) is 6.69. The molecule has 2 atom stereocenters. The zero-order chi connectivity index (χ0) is 15.2. The van der Waals surface area contributed by atoms with E-state index in [1.807, 2.05) is 6.07 Å².